The number of amides is 1. The van der Waals surface area contributed by atoms with Crippen molar-refractivity contribution in [2.24, 2.45) is 0 Å². The van der Waals surface area contributed by atoms with Crippen molar-refractivity contribution in [1.82, 2.24) is 9.97 Å². The minimum Gasteiger partial charge on any atom is -0.340 e. The van der Waals surface area contributed by atoms with E-state index in [1.165, 1.54) is 24.3 Å². The summed E-state index contributed by atoms with van der Waals surface area (Å²) in [5.41, 5.74) is 2.45. The van der Waals surface area contributed by atoms with Gasteiger partial charge in [0.15, 0.2) is 0 Å². The number of carbonyl (C=O) groups excluding carboxylic acids is 1. The number of hydrogen-bond donors (Lipinski definition) is 2. The molecule has 4 rings (SSSR count). The van der Waals surface area contributed by atoms with E-state index in [1.54, 1.807) is 24.3 Å². The fourth-order valence-corrected chi connectivity index (χ4v) is 3.40. The fraction of sp³-hybridized carbons (Fsp3) is 0.227. The van der Waals surface area contributed by atoms with E-state index in [4.69, 9.17) is 0 Å². The summed E-state index contributed by atoms with van der Waals surface area (Å²) in [7, 11) is 0. The Labute approximate surface area is 175 Å². The molecule has 0 saturated heterocycles. The number of benzene rings is 2. The highest BCUT2D eigenvalue weighted by molar-refractivity contribution is 6.04. The highest BCUT2D eigenvalue weighted by Crippen LogP contribution is 2.33. The molecule has 0 bridgehead atoms. The van der Waals surface area contributed by atoms with E-state index in [2.05, 4.69) is 20.6 Å². The highest BCUT2D eigenvalue weighted by Gasteiger charge is 2.36. The van der Waals surface area contributed by atoms with Crippen molar-refractivity contribution in [2.75, 3.05) is 10.6 Å². The summed E-state index contributed by atoms with van der Waals surface area (Å²) >= 11 is 0. The summed E-state index contributed by atoms with van der Waals surface area (Å²) < 4.78 is 52.6. The van der Waals surface area contributed by atoms with Crippen LogP contribution >= 0.6 is 0 Å². The van der Waals surface area contributed by atoms with Gasteiger partial charge in [-0.05, 0) is 74.2 Å². The second-order valence-corrected chi connectivity index (χ2v) is 7.19. The van der Waals surface area contributed by atoms with E-state index < -0.39 is 23.7 Å². The Morgan fingerprint density at radius 2 is 1.52 bits per heavy atom. The van der Waals surface area contributed by atoms with Crippen LogP contribution in [0, 0.1) is 5.82 Å². The third kappa shape index (κ3) is 4.82. The molecule has 0 atom stereocenters. The van der Waals surface area contributed by atoms with E-state index >= 15 is 0 Å². The number of halogens is 4. The molecule has 0 saturated carbocycles. The standard InChI is InChI=1S/C22H18F4N4O/c23-14-7-5-13(6-8-14)20(31)28-16-11-9-15(10-12-16)27-19-17-3-1-2-4-18(17)29-21(30-19)22(24,25)26/h5-12H,1-4H2,(H,28,31)(H,27,29,30). The van der Waals surface area contributed by atoms with Gasteiger partial charge in [-0.15, -0.1) is 0 Å². The average Bonchev–Trinajstić information content (AvgIpc) is 2.75. The quantitative estimate of drug-likeness (QED) is 0.536. The maximum absolute atomic E-state index is 13.2. The summed E-state index contributed by atoms with van der Waals surface area (Å²) in [4.78, 5) is 19.7. The van der Waals surface area contributed by atoms with E-state index in [9.17, 15) is 22.4 Å². The van der Waals surface area contributed by atoms with Gasteiger partial charge in [-0.1, -0.05) is 0 Å². The summed E-state index contributed by atoms with van der Waals surface area (Å²) in [5.74, 6) is -1.84. The third-order valence-electron chi connectivity index (χ3n) is 4.95. The van der Waals surface area contributed by atoms with E-state index in [1.807, 2.05) is 0 Å². The van der Waals surface area contributed by atoms with E-state index in [0.717, 1.165) is 12.8 Å². The average molecular weight is 430 g/mol. The molecule has 31 heavy (non-hydrogen) atoms. The van der Waals surface area contributed by atoms with Crippen molar-refractivity contribution in [2.45, 2.75) is 31.9 Å². The second kappa shape index (κ2) is 8.33. The van der Waals surface area contributed by atoms with Crippen molar-refractivity contribution >= 4 is 23.1 Å². The number of aromatic nitrogens is 2. The molecular weight excluding hydrogens is 412 g/mol. The van der Waals surface area contributed by atoms with Gasteiger partial charge >= 0.3 is 6.18 Å². The molecule has 0 radical (unpaired) electrons. The molecular formula is C22H18F4N4O. The lowest BCUT2D eigenvalue weighted by Crippen LogP contribution is -2.18. The van der Waals surface area contributed by atoms with Crippen molar-refractivity contribution in [3.8, 4) is 0 Å². The van der Waals surface area contributed by atoms with Crippen molar-refractivity contribution < 1.29 is 22.4 Å². The summed E-state index contributed by atoms with van der Waals surface area (Å²) in [6.07, 6.45) is -1.86. The smallest absolute Gasteiger partial charge is 0.340 e. The minimum atomic E-state index is -4.63. The number of hydrogen-bond acceptors (Lipinski definition) is 4. The first-order chi connectivity index (χ1) is 14.8. The predicted molar refractivity (Wildman–Crippen MR) is 108 cm³/mol. The number of alkyl halides is 3. The van der Waals surface area contributed by atoms with Gasteiger partial charge in [0.2, 0.25) is 5.82 Å². The molecule has 1 aromatic heterocycles. The number of rotatable bonds is 4. The molecule has 0 spiro atoms. The molecule has 5 nitrogen and oxygen atoms in total. The number of fused-ring (bicyclic) bond motifs is 1. The molecule has 0 fully saturated rings. The van der Waals surface area contributed by atoms with Gasteiger partial charge in [-0.2, -0.15) is 13.2 Å². The van der Waals surface area contributed by atoms with Gasteiger partial charge in [-0.25, -0.2) is 14.4 Å². The van der Waals surface area contributed by atoms with Crippen LogP contribution in [0.4, 0.5) is 34.8 Å². The van der Waals surface area contributed by atoms with Crippen LogP contribution in [0.25, 0.3) is 0 Å². The monoisotopic (exact) mass is 430 g/mol. The Kier molecular flexibility index (Phi) is 5.58. The fourth-order valence-electron chi connectivity index (χ4n) is 3.40. The van der Waals surface area contributed by atoms with Gasteiger partial charge in [-0.3, -0.25) is 4.79 Å². The topological polar surface area (TPSA) is 66.9 Å². The van der Waals surface area contributed by atoms with Crippen LogP contribution in [0.1, 0.15) is 40.3 Å². The first-order valence-electron chi connectivity index (χ1n) is 9.70. The van der Waals surface area contributed by atoms with Crippen LogP contribution in [0.5, 0.6) is 0 Å². The zero-order valence-electron chi connectivity index (χ0n) is 16.3. The van der Waals surface area contributed by atoms with Crippen LogP contribution in [0.15, 0.2) is 48.5 Å². The van der Waals surface area contributed by atoms with Gasteiger partial charge in [0.05, 0.1) is 0 Å². The normalized spacial score (nSPS) is 13.4. The minimum absolute atomic E-state index is 0.153. The second-order valence-electron chi connectivity index (χ2n) is 7.19. The summed E-state index contributed by atoms with van der Waals surface area (Å²) in [5, 5.41) is 5.64. The van der Waals surface area contributed by atoms with Crippen molar-refractivity contribution in [3.05, 3.63) is 77.0 Å². The van der Waals surface area contributed by atoms with Crippen LogP contribution in [0.2, 0.25) is 0 Å². The Morgan fingerprint density at radius 1 is 0.871 bits per heavy atom. The molecule has 1 amide bonds. The Hall–Kier alpha value is -3.49. The highest BCUT2D eigenvalue weighted by atomic mass is 19.4. The number of nitrogens with zero attached hydrogens (tertiary/aromatic N) is 2. The zero-order valence-corrected chi connectivity index (χ0v) is 16.3. The molecule has 0 aliphatic heterocycles. The molecule has 1 heterocycles. The Bertz CT molecular complexity index is 1100. The lowest BCUT2D eigenvalue weighted by molar-refractivity contribution is -0.145. The summed E-state index contributed by atoms with van der Waals surface area (Å²) in [6.45, 7) is 0. The van der Waals surface area contributed by atoms with Gasteiger partial charge in [0.1, 0.15) is 11.6 Å². The molecule has 160 valence electrons. The SMILES string of the molecule is O=C(Nc1ccc(Nc2nc(C(F)(F)F)nc3c2CCCC3)cc1)c1ccc(F)cc1. The predicted octanol–water partition coefficient (Wildman–Crippen LogP) is 5.51. The number of carbonyl (C=O) groups is 1. The van der Waals surface area contributed by atoms with Crippen LogP contribution in [-0.2, 0) is 19.0 Å². The number of aryl methyl sites for hydroxylation is 1. The van der Waals surface area contributed by atoms with E-state index in [-0.39, 0.29) is 5.82 Å². The first kappa shape index (κ1) is 20.8. The molecule has 9 heteroatoms. The zero-order chi connectivity index (χ0) is 22.0. The van der Waals surface area contributed by atoms with Crippen LogP contribution in [0.3, 0.4) is 0 Å². The summed E-state index contributed by atoms with van der Waals surface area (Å²) in [6, 6.07) is 11.6. The molecule has 2 aromatic carbocycles. The molecule has 1 aliphatic rings. The van der Waals surface area contributed by atoms with Gasteiger partial charge < -0.3 is 10.6 Å². The number of anilines is 3. The Morgan fingerprint density at radius 3 is 2.19 bits per heavy atom. The van der Waals surface area contributed by atoms with Crippen LogP contribution < -0.4 is 10.6 Å². The maximum atomic E-state index is 13.2. The van der Waals surface area contributed by atoms with Crippen molar-refractivity contribution in [1.29, 1.82) is 0 Å². The first-order valence-corrected chi connectivity index (χ1v) is 9.70. The van der Waals surface area contributed by atoms with Crippen LogP contribution in [-0.4, -0.2) is 15.9 Å². The largest absolute Gasteiger partial charge is 0.451 e. The molecule has 3 aromatic rings. The van der Waals surface area contributed by atoms with Gasteiger partial charge in [0.25, 0.3) is 5.91 Å². The molecule has 2 N–H and O–H groups in total. The van der Waals surface area contributed by atoms with Crippen molar-refractivity contribution in [3.63, 3.8) is 0 Å². The van der Waals surface area contributed by atoms with Gasteiger partial charge in [0, 0.05) is 28.2 Å². The molecule has 0 unspecified atom stereocenters. The number of nitrogens with one attached hydrogen (secondary N) is 2. The lowest BCUT2D eigenvalue weighted by atomic mass is 9.96. The third-order valence-corrected chi connectivity index (χ3v) is 4.95. The molecule has 1 aliphatic carbocycles. The lowest BCUT2D eigenvalue weighted by Gasteiger charge is -2.20. The maximum Gasteiger partial charge on any atom is 0.451 e. The van der Waals surface area contributed by atoms with E-state index in [0.29, 0.717) is 41.0 Å². The Balaban J connectivity index is 1.52.